The second-order valence-corrected chi connectivity index (χ2v) is 3.88. The van der Waals surface area contributed by atoms with E-state index in [1.807, 2.05) is 6.26 Å². The van der Waals surface area contributed by atoms with Crippen LogP contribution in [0, 0.1) is 5.92 Å². The van der Waals surface area contributed by atoms with Crippen LogP contribution >= 0.6 is 11.8 Å². The van der Waals surface area contributed by atoms with Crippen LogP contribution in [-0.2, 0) is 0 Å². The van der Waals surface area contributed by atoms with Gasteiger partial charge in [0.15, 0.2) is 0 Å². The molecule has 0 spiro atoms. The molecular formula is C7H15NOS. The van der Waals surface area contributed by atoms with Crippen LogP contribution < -0.4 is 5.73 Å². The van der Waals surface area contributed by atoms with Gasteiger partial charge in [-0.15, -0.1) is 0 Å². The second-order valence-electron chi connectivity index (χ2n) is 3.01. The van der Waals surface area contributed by atoms with Crippen LogP contribution in [0.15, 0.2) is 0 Å². The molecule has 10 heavy (non-hydrogen) atoms. The summed E-state index contributed by atoms with van der Waals surface area (Å²) in [5.41, 5.74) is 4.91. The van der Waals surface area contributed by atoms with Gasteiger partial charge in [-0.25, -0.2) is 0 Å². The van der Waals surface area contributed by atoms with E-state index in [0.717, 1.165) is 18.6 Å². The highest BCUT2D eigenvalue weighted by Crippen LogP contribution is 2.40. The molecule has 0 aromatic rings. The van der Waals surface area contributed by atoms with Gasteiger partial charge in [-0.3, -0.25) is 0 Å². The maximum Gasteiger partial charge on any atom is 0.0887 e. The molecule has 0 amide bonds. The molecule has 0 aromatic carbocycles. The molecule has 0 radical (unpaired) electrons. The lowest BCUT2D eigenvalue weighted by Crippen LogP contribution is -2.42. The number of hydrogen-bond acceptors (Lipinski definition) is 3. The van der Waals surface area contributed by atoms with Gasteiger partial charge in [0.25, 0.3) is 0 Å². The van der Waals surface area contributed by atoms with Gasteiger partial charge in [0.05, 0.1) is 5.60 Å². The molecule has 0 bridgehead atoms. The Labute approximate surface area is 66.2 Å². The van der Waals surface area contributed by atoms with Crippen LogP contribution in [0.1, 0.15) is 12.8 Å². The summed E-state index contributed by atoms with van der Waals surface area (Å²) in [6.07, 6.45) is 4.32. The summed E-state index contributed by atoms with van der Waals surface area (Å²) >= 11 is 1.67. The predicted molar refractivity (Wildman–Crippen MR) is 45.1 cm³/mol. The lowest BCUT2D eigenvalue weighted by atomic mass is 10.0. The molecule has 1 rings (SSSR count). The number of rotatable bonds is 4. The highest BCUT2D eigenvalue weighted by molar-refractivity contribution is 7.98. The number of thioether (sulfide) groups is 1. The van der Waals surface area contributed by atoms with Crippen molar-refractivity contribution < 1.29 is 5.11 Å². The van der Waals surface area contributed by atoms with Crippen molar-refractivity contribution in [1.82, 2.24) is 0 Å². The largest absolute Gasteiger partial charge is 0.387 e. The van der Waals surface area contributed by atoms with Crippen molar-refractivity contribution in [3.63, 3.8) is 0 Å². The first-order valence-corrected chi connectivity index (χ1v) is 5.03. The van der Waals surface area contributed by atoms with Gasteiger partial charge in [-0.1, -0.05) is 0 Å². The smallest absolute Gasteiger partial charge is 0.0887 e. The van der Waals surface area contributed by atoms with Crippen LogP contribution in [-0.4, -0.2) is 29.3 Å². The van der Waals surface area contributed by atoms with Gasteiger partial charge >= 0.3 is 0 Å². The highest BCUT2D eigenvalue weighted by Gasteiger charge is 2.42. The molecule has 3 N–H and O–H groups in total. The Morgan fingerprint density at radius 2 is 2.30 bits per heavy atom. The lowest BCUT2D eigenvalue weighted by molar-refractivity contribution is 0.0511. The van der Waals surface area contributed by atoms with E-state index >= 15 is 0 Å². The van der Waals surface area contributed by atoms with Gasteiger partial charge in [-0.05, 0) is 25.0 Å². The summed E-state index contributed by atoms with van der Waals surface area (Å²) in [4.78, 5) is 0. The number of aliphatic hydroxyl groups is 1. The maximum absolute atomic E-state index is 9.81. The molecule has 1 saturated carbocycles. The molecule has 0 heterocycles. The second kappa shape index (κ2) is 3.11. The highest BCUT2D eigenvalue weighted by atomic mass is 32.2. The van der Waals surface area contributed by atoms with E-state index < -0.39 is 5.60 Å². The fraction of sp³-hybridized carbons (Fsp3) is 1.00. The molecule has 0 aliphatic heterocycles. The molecular weight excluding hydrogens is 146 g/mol. The molecule has 3 heteroatoms. The molecule has 0 aromatic heterocycles. The fourth-order valence-corrected chi connectivity index (χ4v) is 2.07. The van der Waals surface area contributed by atoms with E-state index in [4.69, 9.17) is 5.73 Å². The normalized spacial score (nSPS) is 24.3. The number of nitrogens with two attached hydrogens (primary N) is 1. The van der Waals surface area contributed by atoms with Crippen molar-refractivity contribution in [3.05, 3.63) is 0 Å². The quantitative estimate of drug-likeness (QED) is 0.629. The van der Waals surface area contributed by atoms with Crippen molar-refractivity contribution in [2.45, 2.75) is 18.4 Å². The first-order chi connectivity index (χ1) is 4.73. The third kappa shape index (κ3) is 1.65. The van der Waals surface area contributed by atoms with Crippen LogP contribution in [0.25, 0.3) is 0 Å². The van der Waals surface area contributed by atoms with Crippen LogP contribution in [0.5, 0.6) is 0 Å². The van der Waals surface area contributed by atoms with Crippen LogP contribution in [0.3, 0.4) is 0 Å². The Kier molecular flexibility index (Phi) is 2.61. The average Bonchev–Trinajstić information content (AvgIpc) is 2.69. The van der Waals surface area contributed by atoms with Crippen molar-refractivity contribution in [2.24, 2.45) is 11.7 Å². The summed E-state index contributed by atoms with van der Waals surface area (Å²) in [6, 6.07) is 0. The molecule has 1 aliphatic rings. The van der Waals surface area contributed by atoms with E-state index in [1.54, 1.807) is 11.8 Å². The van der Waals surface area contributed by atoms with Gasteiger partial charge in [0, 0.05) is 12.3 Å². The van der Waals surface area contributed by atoms with Crippen LogP contribution in [0.2, 0.25) is 0 Å². The SMILES string of the molecule is CSCC(O)(CN)C1CC1. The molecule has 1 unspecified atom stereocenters. The monoisotopic (exact) mass is 161 g/mol. The van der Waals surface area contributed by atoms with Crippen molar-refractivity contribution >= 4 is 11.8 Å². The summed E-state index contributed by atoms with van der Waals surface area (Å²) in [7, 11) is 0. The summed E-state index contributed by atoms with van der Waals surface area (Å²) < 4.78 is 0. The average molecular weight is 161 g/mol. The van der Waals surface area contributed by atoms with Gasteiger partial charge < -0.3 is 10.8 Å². The fourth-order valence-electron chi connectivity index (χ4n) is 1.21. The first kappa shape index (κ1) is 8.37. The van der Waals surface area contributed by atoms with Crippen molar-refractivity contribution in [3.8, 4) is 0 Å². The lowest BCUT2D eigenvalue weighted by Gasteiger charge is -2.24. The summed E-state index contributed by atoms with van der Waals surface area (Å²) in [5, 5.41) is 9.81. The predicted octanol–water partition coefficient (Wildman–Crippen LogP) is 0.449. The molecule has 1 fully saturated rings. The zero-order valence-electron chi connectivity index (χ0n) is 6.34. The third-order valence-electron chi connectivity index (χ3n) is 2.09. The standard InChI is InChI=1S/C7H15NOS/c1-10-5-7(9,4-8)6-2-3-6/h6,9H,2-5,8H2,1H3. The minimum atomic E-state index is -0.556. The zero-order valence-corrected chi connectivity index (χ0v) is 7.16. The number of hydrogen-bond donors (Lipinski definition) is 2. The molecule has 2 nitrogen and oxygen atoms in total. The summed E-state index contributed by atoms with van der Waals surface area (Å²) in [6.45, 7) is 0.415. The van der Waals surface area contributed by atoms with Gasteiger partial charge in [-0.2, -0.15) is 11.8 Å². The van der Waals surface area contributed by atoms with E-state index in [0.29, 0.717) is 12.5 Å². The molecule has 60 valence electrons. The minimum absolute atomic E-state index is 0.415. The van der Waals surface area contributed by atoms with Crippen molar-refractivity contribution in [1.29, 1.82) is 0 Å². The van der Waals surface area contributed by atoms with Crippen LogP contribution in [0.4, 0.5) is 0 Å². The van der Waals surface area contributed by atoms with E-state index in [-0.39, 0.29) is 0 Å². The van der Waals surface area contributed by atoms with E-state index in [2.05, 4.69) is 0 Å². The van der Waals surface area contributed by atoms with Gasteiger partial charge in [0.2, 0.25) is 0 Å². The maximum atomic E-state index is 9.81. The third-order valence-corrected chi connectivity index (χ3v) is 2.87. The summed E-state index contributed by atoms with van der Waals surface area (Å²) in [5.74, 6) is 1.28. The Hall–Kier alpha value is 0.270. The molecule has 1 atom stereocenters. The first-order valence-electron chi connectivity index (χ1n) is 3.64. The minimum Gasteiger partial charge on any atom is -0.387 e. The Bertz CT molecular complexity index is 116. The van der Waals surface area contributed by atoms with E-state index in [1.165, 1.54) is 0 Å². The Morgan fingerprint density at radius 1 is 1.70 bits per heavy atom. The molecule has 1 aliphatic carbocycles. The zero-order chi connectivity index (χ0) is 7.61. The topological polar surface area (TPSA) is 46.2 Å². The Morgan fingerprint density at radius 3 is 2.60 bits per heavy atom. The van der Waals surface area contributed by atoms with E-state index in [9.17, 15) is 5.11 Å². The van der Waals surface area contributed by atoms with Crippen molar-refractivity contribution in [2.75, 3.05) is 18.6 Å². The molecule has 0 saturated heterocycles. The van der Waals surface area contributed by atoms with Gasteiger partial charge in [0.1, 0.15) is 0 Å². The Balaban J connectivity index is 2.39.